The molecule has 0 unspecified atom stereocenters. The number of hydrogen-bond acceptors (Lipinski definition) is 4. The molecule has 25 heavy (non-hydrogen) atoms. The molecule has 6 heteroatoms. The number of fused-ring (bicyclic) bond motifs is 1. The fourth-order valence-corrected chi connectivity index (χ4v) is 3.89. The van der Waals surface area contributed by atoms with Crippen LogP contribution < -0.4 is 5.32 Å². The molecule has 0 aliphatic carbocycles. The zero-order chi connectivity index (χ0) is 18.0. The number of aryl methyl sites for hydroxylation is 3. The van der Waals surface area contributed by atoms with E-state index in [9.17, 15) is 4.79 Å². The van der Waals surface area contributed by atoms with E-state index in [-0.39, 0.29) is 11.7 Å². The van der Waals surface area contributed by atoms with Crippen molar-refractivity contribution < 1.29 is 4.79 Å². The molecule has 0 atom stereocenters. The molecule has 3 aromatic rings. The van der Waals surface area contributed by atoms with E-state index in [1.54, 1.807) is 0 Å². The van der Waals surface area contributed by atoms with Crippen LogP contribution in [0.25, 0.3) is 10.9 Å². The van der Waals surface area contributed by atoms with Gasteiger partial charge in [0.2, 0.25) is 5.91 Å². The number of halogens is 1. The van der Waals surface area contributed by atoms with Crippen molar-refractivity contribution in [1.82, 2.24) is 9.97 Å². The smallest absolute Gasteiger partial charge is 0.234 e. The van der Waals surface area contributed by atoms with Crippen molar-refractivity contribution in [2.24, 2.45) is 0 Å². The van der Waals surface area contributed by atoms with E-state index in [2.05, 4.69) is 15.3 Å². The number of aromatic nitrogens is 2. The number of hydrogen-bond donors (Lipinski definition) is 1. The Morgan fingerprint density at radius 1 is 1.16 bits per heavy atom. The molecule has 0 radical (unpaired) electrons. The van der Waals surface area contributed by atoms with E-state index in [0.29, 0.717) is 16.5 Å². The van der Waals surface area contributed by atoms with Crippen molar-refractivity contribution in [3.63, 3.8) is 0 Å². The number of amides is 1. The molecule has 0 aliphatic rings. The third kappa shape index (κ3) is 4.11. The molecule has 3 rings (SSSR count). The molecular formula is C19H18ClN3OS. The van der Waals surface area contributed by atoms with E-state index in [1.807, 2.05) is 57.2 Å². The molecule has 0 aliphatic heterocycles. The Labute approximate surface area is 156 Å². The minimum absolute atomic E-state index is 0.112. The number of rotatable bonds is 4. The Morgan fingerprint density at radius 2 is 1.92 bits per heavy atom. The number of anilines is 1. The van der Waals surface area contributed by atoms with Crippen LogP contribution in [0, 0.1) is 20.8 Å². The van der Waals surface area contributed by atoms with E-state index >= 15 is 0 Å². The molecule has 1 aromatic heterocycles. The molecule has 1 N–H and O–H groups in total. The number of benzene rings is 2. The van der Waals surface area contributed by atoms with Crippen LogP contribution in [0.3, 0.4) is 0 Å². The van der Waals surface area contributed by atoms with Gasteiger partial charge in [-0.05, 0) is 44.0 Å². The van der Waals surface area contributed by atoms with E-state index in [0.717, 1.165) is 27.1 Å². The Bertz CT molecular complexity index is 936. The van der Waals surface area contributed by atoms with E-state index in [1.165, 1.54) is 11.8 Å². The minimum Gasteiger partial charge on any atom is -0.324 e. The summed E-state index contributed by atoms with van der Waals surface area (Å²) in [7, 11) is 0. The lowest BCUT2D eigenvalue weighted by Gasteiger charge is -2.12. The van der Waals surface area contributed by atoms with E-state index in [4.69, 9.17) is 11.6 Å². The monoisotopic (exact) mass is 371 g/mol. The Hall–Kier alpha value is -2.11. The highest BCUT2D eigenvalue weighted by molar-refractivity contribution is 8.00. The van der Waals surface area contributed by atoms with Gasteiger partial charge in [0, 0.05) is 5.39 Å². The third-order valence-electron chi connectivity index (χ3n) is 3.72. The predicted molar refractivity (Wildman–Crippen MR) is 105 cm³/mol. The first kappa shape index (κ1) is 17.7. The van der Waals surface area contributed by atoms with Crippen molar-refractivity contribution in [1.29, 1.82) is 0 Å². The van der Waals surface area contributed by atoms with Crippen molar-refractivity contribution >= 4 is 45.9 Å². The number of carbonyl (C=O) groups is 1. The van der Waals surface area contributed by atoms with Gasteiger partial charge >= 0.3 is 0 Å². The summed E-state index contributed by atoms with van der Waals surface area (Å²) in [6.45, 7) is 5.76. The SMILES string of the molecule is Cc1cc(C)c(NC(=O)CSc2nc(C)nc3ccccc23)c(Cl)c1. The van der Waals surface area contributed by atoms with Gasteiger partial charge in [0.15, 0.2) is 0 Å². The lowest BCUT2D eigenvalue weighted by molar-refractivity contribution is -0.113. The highest BCUT2D eigenvalue weighted by Crippen LogP contribution is 2.29. The van der Waals surface area contributed by atoms with Crippen molar-refractivity contribution in [3.8, 4) is 0 Å². The van der Waals surface area contributed by atoms with Crippen molar-refractivity contribution in [2.45, 2.75) is 25.8 Å². The summed E-state index contributed by atoms with van der Waals surface area (Å²) in [5.74, 6) is 0.836. The van der Waals surface area contributed by atoms with Crippen LogP contribution in [-0.2, 0) is 4.79 Å². The molecule has 0 fully saturated rings. The van der Waals surface area contributed by atoms with Crippen LogP contribution in [-0.4, -0.2) is 21.6 Å². The standard InChI is InChI=1S/C19H18ClN3OS/c1-11-8-12(2)18(15(20)9-11)23-17(24)10-25-19-14-6-4-5-7-16(14)21-13(3)22-19/h4-9H,10H2,1-3H3,(H,23,24). The molecular weight excluding hydrogens is 354 g/mol. The van der Waals surface area contributed by atoms with Crippen LogP contribution in [0.1, 0.15) is 17.0 Å². The summed E-state index contributed by atoms with van der Waals surface area (Å²) in [6.07, 6.45) is 0. The quantitative estimate of drug-likeness (QED) is 0.521. The number of carbonyl (C=O) groups excluding carboxylic acids is 1. The normalized spacial score (nSPS) is 10.9. The zero-order valence-corrected chi connectivity index (χ0v) is 15.8. The van der Waals surface area contributed by atoms with Gasteiger partial charge in [-0.2, -0.15) is 0 Å². The van der Waals surface area contributed by atoms with E-state index < -0.39 is 0 Å². The summed E-state index contributed by atoms with van der Waals surface area (Å²) >= 11 is 7.65. The largest absolute Gasteiger partial charge is 0.324 e. The summed E-state index contributed by atoms with van der Waals surface area (Å²) in [6, 6.07) is 11.6. The van der Waals surface area contributed by atoms with Gasteiger partial charge in [-0.15, -0.1) is 0 Å². The highest BCUT2D eigenvalue weighted by Gasteiger charge is 2.12. The Kier molecular flexibility index (Phi) is 5.25. The average Bonchev–Trinajstić information content (AvgIpc) is 2.55. The fourth-order valence-electron chi connectivity index (χ4n) is 2.65. The molecule has 128 valence electrons. The van der Waals surface area contributed by atoms with Gasteiger partial charge < -0.3 is 5.32 Å². The second-order valence-corrected chi connectivity index (χ2v) is 7.24. The van der Waals surface area contributed by atoms with Gasteiger partial charge in [0.25, 0.3) is 0 Å². The van der Waals surface area contributed by atoms with Crippen LogP contribution in [0.5, 0.6) is 0 Å². The summed E-state index contributed by atoms with van der Waals surface area (Å²) < 4.78 is 0. The second kappa shape index (κ2) is 7.42. The number of nitrogens with zero attached hydrogens (tertiary/aromatic N) is 2. The Morgan fingerprint density at radius 3 is 2.68 bits per heavy atom. The van der Waals surface area contributed by atoms with Gasteiger partial charge in [-0.25, -0.2) is 9.97 Å². The first-order chi connectivity index (χ1) is 11.9. The highest BCUT2D eigenvalue weighted by atomic mass is 35.5. The fraction of sp³-hybridized carbons (Fsp3) is 0.211. The lowest BCUT2D eigenvalue weighted by atomic mass is 10.1. The average molecular weight is 372 g/mol. The summed E-state index contributed by atoms with van der Waals surface area (Å²) in [5, 5.41) is 5.22. The van der Waals surface area contributed by atoms with Crippen molar-refractivity contribution in [2.75, 3.05) is 11.1 Å². The maximum Gasteiger partial charge on any atom is 0.234 e. The van der Waals surface area contributed by atoms with Gasteiger partial charge in [-0.1, -0.05) is 47.6 Å². The molecule has 1 amide bonds. The second-order valence-electron chi connectivity index (χ2n) is 5.87. The Balaban J connectivity index is 1.75. The molecule has 0 bridgehead atoms. The number of para-hydroxylation sites is 1. The third-order valence-corrected chi connectivity index (χ3v) is 5.01. The molecule has 4 nitrogen and oxygen atoms in total. The van der Waals surface area contributed by atoms with Gasteiger partial charge in [0.05, 0.1) is 22.0 Å². The zero-order valence-electron chi connectivity index (χ0n) is 14.3. The van der Waals surface area contributed by atoms with Crippen LogP contribution in [0.2, 0.25) is 5.02 Å². The summed E-state index contributed by atoms with van der Waals surface area (Å²) in [5.41, 5.74) is 3.57. The predicted octanol–water partition coefficient (Wildman–Crippen LogP) is 4.94. The maximum atomic E-state index is 12.4. The van der Waals surface area contributed by atoms with Crippen LogP contribution >= 0.6 is 23.4 Å². The molecule has 0 spiro atoms. The molecule has 1 heterocycles. The van der Waals surface area contributed by atoms with Gasteiger partial charge in [0.1, 0.15) is 10.9 Å². The summed E-state index contributed by atoms with van der Waals surface area (Å²) in [4.78, 5) is 21.3. The van der Waals surface area contributed by atoms with Crippen LogP contribution in [0.15, 0.2) is 41.4 Å². The molecule has 0 saturated heterocycles. The molecule has 2 aromatic carbocycles. The van der Waals surface area contributed by atoms with Crippen molar-refractivity contribution in [3.05, 3.63) is 58.4 Å². The number of thioether (sulfide) groups is 1. The van der Waals surface area contributed by atoms with Gasteiger partial charge in [-0.3, -0.25) is 4.79 Å². The number of nitrogens with one attached hydrogen (secondary N) is 1. The van der Waals surface area contributed by atoms with Crippen LogP contribution in [0.4, 0.5) is 5.69 Å². The topological polar surface area (TPSA) is 54.9 Å². The molecule has 0 saturated carbocycles. The minimum atomic E-state index is -0.112. The first-order valence-electron chi connectivity index (χ1n) is 7.87. The maximum absolute atomic E-state index is 12.4. The first-order valence-corrected chi connectivity index (χ1v) is 9.23. The lowest BCUT2D eigenvalue weighted by Crippen LogP contribution is -2.15.